The van der Waals surface area contributed by atoms with Crippen LogP contribution in [0.15, 0.2) is 109 Å². The number of benzene rings is 3. The van der Waals surface area contributed by atoms with E-state index in [1.165, 1.54) is 22.5 Å². The number of ether oxygens (including phenoxy) is 1. The molecule has 0 heterocycles. The Morgan fingerprint density at radius 2 is 1.17 bits per heavy atom. The number of quaternary nitrogens is 1. The number of hydrogen-bond acceptors (Lipinski definition) is 3. The molecule has 0 spiro atoms. The maximum atomic E-state index is 14.1. The summed E-state index contributed by atoms with van der Waals surface area (Å²) in [6.07, 6.45) is 3.83. The first kappa shape index (κ1) is 34.8. The highest BCUT2D eigenvalue weighted by Crippen LogP contribution is 2.43. The Hall–Kier alpha value is -4.54. The van der Waals surface area contributed by atoms with Crippen molar-refractivity contribution in [3.63, 3.8) is 0 Å². The molecule has 0 aliphatic heterocycles. The molecule has 3 aromatic rings. The molecule has 0 N–H and O–H groups in total. The molecular formula is C44H50NO3+. The Kier molecular flexibility index (Phi) is 11.3. The van der Waals surface area contributed by atoms with E-state index in [0.717, 1.165) is 35.2 Å². The van der Waals surface area contributed by atoms with Crippen molar-refractivity contribution in [2.75, 3.05) is 13.7 Å². The first-order valence-corrected chi connectivity index (χ1v) is 17.5. The lowest BCUT2D eigenvalue weighted by atomic mass is 9.99. The number of carbonyl (C=O) groups is 2. The molecule has 0 amide bonds. The number of ketones is 1. The number of carbonyl (C=O) groups excluding carboxylic acids is 2. The highest BCUT2D eigenvalue weighted by molar-refractivity contribution is 6.14. The molecule has 2 aliphatic carbocycles. The standard InChI is InChI=1S/C44H50NO3/c1-7-48-43(46)15-11-12-36-30-42(41-14-10-8-9-13-40(36)41)44(47)35-20-26-39(27-21-35)45(6,37-22-16-33(17-23-37)28-31(2)3)38-24-18-34(19-25-38)29-32(4)5/h8-10,13-14,16-27,30-32H,7,11-12,15,28-29H2,1-6H3/q+1. The maximum absolute atomic E-state index is 14.1. The zero-order valence-corrected chi connectivity index (χ0v) is 29.5. The average Bonchev–Trinajstić information content (AvgIpc) is 3.22. The summed E-state index contributed by atoms with van der Waals surface area (Å²) in [5, 5.41) is 0. The van der Waals surface area contributed by atoms with Gasteiger partial charge >= 0.3 is 5.97 Å². The van der Waals surface area contributed by atoms with Gasteiger partial charge in [-0.15, -0.1) is 0 Å². The van der Waals surface area contributed by atoms with Gasteiger partial charge in [0.1, 0.15) is 17.1 Å². The molecule has 0 bridgehead atoms. The van der Waals surface area contributed by atoms with Gasteiger partial charge in [0.25, 0.3) is 0 Å². The molecule has 0 radical (unpaired) electrons. The molecular weight excluding hydrogens is 590 g/mol. The summed E-state index contributed by atoms with van der Waals surface area (Å²) in [4.78, 5) is 26.1. The summed E-state index contributed by atoms with van der Waals surface area (Å²) >= 11 is 0. The third-order valence-corrected chi connectivity index (χ3v) is 9.21. The second-order valence-electron chi connectivity index (χ2n) is 13.9. The molecule has 0 saturated heterocycles. The SMILES string of the molecule is CCOC(=O)CCCc1cc(C(=O)c2ccc([N+](C)(c3ccc(CC(C)C)cc3)c3ccc(CC(C)C)cc3)cc2)c2cccccc1-2. The van der Waals surface area contributed by atoms with Crippen LogP contribution in [0.3, 0.4) is 0 Å². The van der Waals surface area contributed by atoms with E-state index >= 15 is 0 Å². The zero-order chi connectivity index (χ0) is 34.3. The van der Waals surface area contributed by atoms with Gasteiger partial charge in [-0.2, -0.15) is 0 Å². The van der Waals surface area contributed by atoms with Crippen molar-refractivity contribution in [2.45, 2.75) is 66.7 Å². The predicted molar refractivity (Wildman–Crippen MR) is 200 cm³/mol. The van der Waals surface area contributed by atoms with Crippen LogP contribution >= 0.6 is 0 Å². The molecule has 0 atom stereocenters. The van der Waals surface area contributed by atoms with Crippen LogP contribution in [-0.4, -0.2) is 25.4 Å². The van der Waals surface area contributed by atoms with Gasteiger partial charge in [-0.1, -0.05) is 82.3 Å². The van der Waals surface area contributed by atoms with Gasteiger partial charge in [-0.25, -0.2) is 4.48 Å². The van der Waals surface area contributed by atoms with Gasteiger partial charge in [0.05, 0.1) is 13.7 Å². The monoisotopic (exact) mass is 640 g/mol. The van der Waals surface area contributed by atoms with Gasteiger partial charge in [0.2, 0.25) is 0 Å². The molecule has 5 rings (SSSR count). The lowest BCUT2D eigenvalue weighted by molar-refractivity contribution is -0.143. The molecule has 3 aromatic carbocycles. The fourth-order valence-corrected chi connectivity index (χ4v) is 6.76. The smallest absolute Gasteiger partial charge is 0.305 e. The Morgan fingerprint density at radius 1 is 0.667 bits per heavy atom. The van der Waals surface area contributed by atoms with Crippen LogP contribution in [0.1, 0.15) is 80.1 Å². The van der Waals surface area contributed by atoms with E-state index in [-0.39, 0.29) is 11.8 Å². The average molecular weight is 641 g/mol. The van der Waals surface area contributed by atoms with E-state index in [1.54, 1.807) is 0 Å². The summed E-state index contributed by atoms with van der Waals surface area (Å²) in [6.45, 7) is 11.2. The molecule has 4 heteroatoms. The molecule has 0 aromatic heterocycles. The fourth-order valence-electron chi connectivity index (χ4n) is 6.76. The van der Waals surface area contributed by atoms with Gasteiger partial charge in [0.15, 0.2) is 5.78 Å². The van der Waals surface area contributed by atoms with Crippen molar-refractivity contribution in [3.8, 4) is 11.1 Å². The first-order valence-electron chi connectivity index (χ1n) is 17.5. The van der Waals surface area contributed by atoms with Crippen LogP contribution in [0.2, 0.25) is 0 Å². The summed E-state index contributed by atoms with van der Waals surface area (Å²) in [5.74, 6) is 1.01. The Labute approximate surface area is 287 Å². The van der Waals surface area contributed by atoms with Gasteiger partial charge in [-0.3, -0.25) is 9.59 Å². The third-order valence-electron chi connectivity index (χ3n) is 9.21. The van der Waals surface area contributed by atoms with Crippen molar-refractivity contribution < 1.29 is 14.3 Å². The molecule has 48 heavy (non-hydrogen) atoms. The topological polar surface area (TPSA) is 43.4 Å². The van der Waals surface area contributed by atoms with Crippen molar-refractivity contribution in [1.82, 2.24) is 4.48 Å². The number of nitrogens with zero attached hydrogens (tertiary/aromatic N) is 1. The first-order chi connectivity index (χ1) is 23.1. The maximum Gasteiger partial charge on any atom is 0.305 e. The molecule has 0 saturated carbocycles. The molecule has 0 unspecified atom stereocenters. The molecule has 0 fully saturated rings. The largest absolute Gasteiger partial charge is 0.466 e. The minimum absolute atomic E-state index is 0.000303. The summed E-state index contributed by atoms with van der Waals surface area (Å²) in [6, 6.07) is 38.2. The highest BCUT2D eigenvalue weighted by atomic mass is 16.5. The number of esters is 1. The van der Waals surface area contributed by atoms with Crippen molar-refractivity contribution in [3.05, 3.63) is 137 Å². The summed E-state index contributed by atoms with van der Waals surface area (Å²) in [7, 11) is 2.24. The number of fused-ring (bicyclic) bond motifs is 1. The van der Waals surface area contributed by atoms with E-state index < -0.39 is 0 Å². The van der Waals surface area contributed by atoms with Gasteiger partial charge in [-0.05, 0) is 90.5 Å². The lowest BCUT2D eigenvalue weighted by Crippen LogP contribution is -2.33. The van der Waals surface area contributed by atoms with E-state index in [0.29, 0.717) is 53.3 Å². The minimum atomic E-state index is -0.182. The van der Waals surface area contributed by atoms with Crippen molar-refractivity contribution >= 4 is 28.8 Å². The zero-order valence-electron chi connectivity index (χ0n) is 29.5. The number of hydrogen-bond donors (Lipinski definition) is 0. The van der Waals surface area contributed by atoms with Crippen LogP contribution < -0.4 is 4.48 Å². The highest BCUT2D eigenvalue weighted by Gasteiger charge is 2.32. The summed E-state index contributed by atoms with van der Waals surface area (Å²) in [5.41, 5.74) is 10.5. The van der Waals surface area contributed by atoms with Crippen LogP contribution in [0.5, 0.6) is 0 Å². The second kappa shape index (κ2) is 15.6. The Morgan fingerprint density at radius 3 is 1.67 bits per heavy atom. The minimum Gasteiger partial charge on any atom is -0.466 e. The number of rotatable bonds is 14. The normalized spacial score (nSPS) is 11.8. The quantitative estimate of drug-likeness (QED) is 0.0689. The van der Waals surface area contributed by atoms with E-state index in [2.05, 4.69) is 101 Å². The summed E-state index contributed by atoms with van der Waals surface area (Å²) < 4.78 is 5.60. The second-order valence-corrected chi connectivity index (χ2v) is 13.9. The van der Waals surface area contributed by atoms with E-state index in [4.69, 9.17) is 4.74 Å². The van der Waals surface area contributed by atoms with Crippen molar-refractivity contribution in [2.24, 2.45) is 11.8 Å². The molecule has 248 valence electrons. The number of aryl methyl sites for hydroxylation is 1. The van der Waals surface area contributed by atoms with Crippen LogP contribution in [0.4, 0.5) is 17.1 Å². The van der Waals surface area contributed by atoms with Gasteiger partial charge < -0.3 is 4.74 Å². The van der Waals surface area contributed by atoms with Crippen molar-refractivity contribution in [1.29, 1.82) is 0 Å². The molecule has 2 aliphatic rings. The Bertz CT molecular complexity index is 1730. The van der Waals surface area contributed by atoms with E-state index in [9.17, 15) is 9.59 Å². The van der Waals surface area contributed by atoms with Crippen LogP contribution in [0.25, 0.3) is 11.1 Å². The van der Waals surface area contributed by atoms with Gasteiger partial charge in [0, 0.05) is 53.9 Å². The van der Waals surface area contributed by atoms with E-state index in [1.807, 2.05) is 49.4 Å². The molecule has 4 nitrogen and oxygen atoms in total. The Balaban J connectivity index is 1.48. The fraction of sp³-hybridized carbons (Fsp3) is 0.318. The lowest BCUT2D eigenvalue weighted by Gasteiger charge is -2.33. The third kappa shape index (κ3) is 7.94. The van der Waals surface area contributed by atoms with Crippen LogP contribution in [-0.2, 0) is 28.8 Å². The van der Waals surface area contributed by atoms with Crippen LogP contribution in [0, 0.1) is 11.8 Å². The predicted octanol–water partition coefficient (Wildman–Crippen LogP) is 10.9.